The molecular formula is C56H62IrN2OSi-2. The van der Waals surface area contributed by atoms with E-state index in [2.05, 4.69) is 123 Å². The first-order valence-electron chi connectivity index (χ1n) is 23.2. The summed E-state index contributed by atoms with van der Waals surface area (Å²) in [5, 5.41) is 3.81. The van der Waals surface area contributed by atoms with Gasteiger partial charge in [0.2, 0.25) is 0 Å². The Hall–Kier alpha value is -4.15. The number of pyridine rings is 2. The molecule has 0 atom stereocenters. The summed E-state index contributed by atoms with van der Waals surface area (Å²) in [4.78, 5) is 9.64. The molecule has 3 heterocycles. The first kappa shape index (κ1) is 43.5. The first-order valence-corrected chi connectivity index (χ1v) is 26.7. The van der Waals surface area contributed by atoms with Gasteiger partial charge in [-0.15, -0.1) is 53.6 Å². The van der Waals surface area contributed by atoms with Crippen molar-refractivity contribution < 1.29 is 24.5 Å². The molecule has 0 bridgehead atoms. The van der Waals surface area contributed by atoms with Gasteiger partial charge in [0, 0.05) is 37.9 Å². The van der Waals surface area contributed by atoms with Gasteiger partial charge in [-0.2, -0.15) is 0 Å². The predicted octanol–water partition coefficient (Wildman–Crippen LogP) is 15.1. The Labute approximate surface area is 379 Å². The molecule has 3 aliphatic carbocycles. The maximum Gasteiger partial charge on any atom is 0.121 e. The minimum Gasteiger partial charge on any atom is -0.501 e. The van der Waals surface area contributed by atoms with Crippen molar-refractivity contribution in [2.24, 2.45) is 11.8 Å². The van der Waals surface area contributed by atoms with Crippen molar-refractivity contribution in [3.8, 4) is 33.6 Å². The van der Waals surface area contributed by atoms with Crippen LogP contribution < -0.4 is 5.19 Å². The van der Waals surface area contributed by atoms with E-state index >= 15 is 0 Å². The third kappa shape index (κ3) is 10.4. The predicted molar refractivity (Wildman–Crippen MR) is 254 cm³/mol. The van der Waals surface area contributed by atoms with E-state index < -0.39 is 8.07 Å². The minimum absolute atomic E-state index is 0. The van der Waals surface area contributed by atoms with E-state index in [0.29, 0.717) is 0 Å². The number of furan rings is 1. The van der Waals surface area contributed by atoms with Crippen molar-refractivity contribution in [3.05, 3.63) is 138 Å². The molecule has 4 aromatic carbocycles. The molecule has 3 aliphatic rings. The van der Waals surface area contributed by atoms with Crippen LogP contribution in [0.25, 0.3) is 55.6 Å². The topological polar surface area (TPSA) is 38.9 Å². The zero-order chi connectivity index (χ0) is 40.9. The second kappa shape index (κ2) is 19.9. The third-order valence-electron chi connectivity index (χ3n) is 13.8. The van der Waals surface area contributed by atoms with Gasteiger partial charge in [0.25, 0.3) is 0 Å². The van der Waals surface area contributed by atoms with E-state index in [1.165, 1.54) is 119 Å². The smallest absolute Gasteiger partial charge is 0.121 e. The SMILES string of the molecule is C[Si](C)(C)c1cnc(-c2[c-]ccc(C3CCCC3)c2)cc1CC1CCCCC1.[Ir].[c-]1ccc2c(oc3cc(-c4ccccc4)ccc32)c1-c1cc(CC2CCCCC2)ccn1. The molecular weight excluding hydrogens is 937 g/mol. The fourth-order valence-electron chi connectivity index (χ4n) is 10.5. The molecule has 0 N–H and O–H groups in total. The van der Waals surface area contributed by atoms with Gasteiger partial charge in [-0.3, -0.25) is 0 Å². The fourth-order valence-corrected chi connectivity index (χ4v) is 12.1. The molecule has 3 nitrogen and oxygen atoms in total. The summed E-state index contributed by atoms with van der Waals surface area (Å²) in [5.41, 5.74) is 12.8. The zero-order valence-corrected chi connectivity index (χ0v) is 40.0. The average molecular weight is 999 g/mol. The standard InChI is InChI=1S/C30H26NO.C26H36NSi.Ir/c1-3-8-21(9-4-1)18-22-16-17-31-28(19-22)27-13-7-12-26-25-15-14-24(20-29(25)32-30(26)27)23-10-5-2-6-11-23;1-28(2,3)26-19-27-25(18-24(26)16-20-10-5-4-6-11-20)23-15-9-14-22(17-23)21-12-7-8-13-21;/h2,5-7,10-12,14-17,19-21H,1,3-4,8-9,18H2;9,14,17-21H,4-8,10-13,16H2,1-3H3;/q2*-1;. The van der Waals surface area contributed by atoms with E-state index in [1.54, 1.807) is 10.8 Å². The van der Waals surface area contributed by atoms with Crippen LogP contribution in [0.1, 0.15) is 112 Å². The van der Waals surface area contributed by atoms with Crippen LogP contribution in [-0.2, 0) is 32.9 Å². The number of hydrogen-bond acceptors (Lipinski definition) is 3. The fraction of sp³-hybridized carbons (Fsp3) is 0.393. The van der Waals surface area contributed by atoms with E-state index in [1.807, 2.05) is 18.3 Å². The summed E-state index contributed by atoms with van der Waals surface area (Å²) in [5.74, 6) is 2.42. The van der Waals surface area contributed by atoms with Crippen molar-refractivity contribution in [2.45, 2.75) is 128 Å². The van der Waals surface area contributed by atoms with Crippen molar-refractivity contribution in [3.63, 3.8) is 0 Å². The summed E-state index contributed by atoms with van der Waals surface area (Å²) in [6.45, 7) is 7.38. The monoisotopic (exact) mass is 999 g/mol. The normalized spacial score (nSPS) is 16.6. The number of benzene rings is 4. The van der Waals surface area contributed by atoms with Crippen molar-refractivity contribution in [1.29, 1.82) is 0 Å². The Morgan fingerprint density at radius 1 is 0.623 bits per heavy atom. The summed E-state index contributed by atoms with van der Waals surface area (Å²) in [6, 6.07) is 41.5. The second-order valence-corrected chi connectivity index (χ2v) is 24.3. The van der Waals surface area contributed by atoms with Crippen molar-refractivity contribution in [1.82, 2.24) is 9.97 Å². The molecule has 61 heavy (non-hydrogen) atoms. The average Bonchev–Trinajstić information content (AvgIpc) is 3.96. The summed E-state index contributed by atoms with van der Waals surface area (Å²) < 4.78 is 6.42. The molecule has 5 heteroatoms. The van der Waals surface area contributed by atoms with Gasteiger partial charge in [0.05, 0.1) is 13.7 Å². The van der Waals surface area contributed by atoms with Crippen LogP contribution in [0, 0.1) is 24.0 Å². The zero-order valence-electron chi connectivity index (χ0n) is 36.6. The number of nitrogens with zero attached hydrogens (tertiary/aromatic N) is 2. The van der Waals surface area contributed by atoms with Crippen LogP contribution in [0.3, 0.4) is 0 Å². The quantitative estimate of drug-likeness (QED) is 0.107. The first-order chi connectivity index (χ1) is 29.4. The Kier molecular flexibility index (Phi) is 14.2. The number of aromatic nitrogens is 2. The maximum absolute atomic E-state index is 6.42. The van der Waals surface area contributed by atoms with Crippen LogP contribution in [0.15, 0.2) is 114 Å². The molecule has 1 radical (unpaired) electrons. The number of fused-ring (bicyclic) bond motifs is 3. The molecule has 0 aliphatic heterocycles. The van der Waals surface area contributed by atoms with Gasteiger partial charge >= 0.3 is 0 Å². The van der Waals surface area contributed by atoms with Gasteiger partial charge in [-0.1, -0.05) is 173 Å². The summed E-state index contributed by atoms with van der Waals surface area (Å²) in [7, 11) is -1.39. The van der Waals surface area contributed by atoms with Crippen LogP contribution >= 0.6 is 0 Å². The van der Waals surface area contributed by atoms with Crippen molar-refractivity contribution in [2.75, 3.05) is 0 Å². The van der Waals surface area contributed by atoms with Crippen LogP contribution in [-0.4, -0.2) is 18.0 Å². The van der Waals surface area contributed by atoms with E-state index in [9.17, 15) is 0 Å². The number of hydrogen-bond donors (Lipinski definition) is 0. The van der Waals surface area contributed by atoms with Gasteiger partial charge in [0.1, 0.15) is 5.58 Å². The molecule has 3 fully saturated rings. The third-order valence-corrected chi connectivity index (χ3v) is 15.9. The Morgan fingerprint density at radius 2 is 1.33 bits per heavy atom. The molecule has 0 saturated heterocycles. The molecule has 0 amide bonds. The van der Waals surface area contributed by atoms with E-state index in [4.69, 9.17) is 14.4 Å². The van der Waals surface area contributed by atoms with Gasteiger partial charge in [0.15, 0.2) is 0 Å². The molecule has 317 valence electrons. The maximum atomic E-state index is 6.42. The van der Waals surface area contributed by atoms with E-state index in [-0.39, 0.29) is 20.1 Å². The summed E-state index contributed by atoms with van der Waals surface area (Å²) >= 11 is 0. The molecule has 0 unspecified atom stereocenters. The van der Waals surface area contributed by atoms with Crippen LogP contribution in [0.2, 0.25) is 19.6 Å². The van der Waals surface area contributed by atoms with Crippen LogP contribution in [0.5, 0.6) is 0 Å². The number of rotatable bonds is 9. The molecule has 7 aromatic rings. The molecule has 0 spiro atoms. The largest absolute Gasteiger partial charge is 0.501 e. The van der Waals surface area contributed by atoms with E-state index in [0.717, 1.165) is 68.6 Å². The van der Waals surface area contributed by atoms with Crippen molar-refractivity contribution >= 4 is 35.2 Å². The summed E-state index contributed by atoms with van der Waals surface area (Å²) in [6.07, 6.45) is 25.9. The van der Waals surface area contributed by atoms with Crippen LogP contribution in [0.4, 0.5) is 0 Å². The van der Waals surface area contributed by atoms with Gasteiger partial charge in [-0.05, 0) is 83.3 Å². The Morgan fingerprint density at radius 3 is 2.07 bits per heavy atom. The molecule has 3 saturated carbocycles. The van der Waals surface area contributed by atoms with Gasteiger partial charge in [-0.25, -0.2) is 0 Å². The Bertz CT molecular complexity index is 2520. The minimum atomic E-state index is -1.39. The Balaban J connectivity index is 0.000000167. The molecule has 10 rings (SSSR count). The second-order valence-electron chi connectivity index (χ2n) is 19.2. The molecule has 3 aromatic heterocycles. The van der Waals surface area contributed by atoms with Gasteiger partial charge < -0.3 is 14.4 Å².